The van der Waals surface area contributed by atoms with Gasteiger partial charge in [0.2, 0.25) is 0 Å². The summed E-state index contributed by atoms with van der Waals surface area (Å²) in [6.45, 7) is 6.16. The van der Waals surface area contributed by atoms with Crippen LogP contribution in [-0.4, -0.2) is 43.0 Å². The maximum Gasteiger partial charge on any atom is 0.326 e. The number of amides is 1. The Balaban J connectivity index is 1.22. The molecule has 9 nitrogen and oxygen atoms in total. The summed E-state index contributed by atoms with van der Waals surface area (Å²) >= 11 is 1.59. The Bertz CT molecular complexity index is 1600. The van der Waals surface area contributed by atoms with Crippen LogP contribution < -0.4 is 10.6 Å². The van der Waals surface area contributed by atoms with E-state index in [1.165, 1.54) is 0 Å². The molecular weight excluding hydrogens is 512 g/mol. The van der Waals surface area contributed by atoms with E-state index in [0.29, 0.717) is 12.1 Å². The largest absolute Gasteiger partial charge is 0.480 e. The lowest BCUT2D eigenvalue weighted by molar-refractivity contribution is -0.139. The highest BCUT2D eigenvalue weighted by molar-refractivity contribution is 7.22. The zero-order valence-electron chi connectivity index (χ0n) is 21.8. The molecule has 0 radical (unpaired) electrons. The Labute approximate surface area is 229 Å². The first kappa shape index (κ1) is 26.1. The number of aryl methyl sites for hydroxylation is 3. The van der Waals surface area contributed by atoms with Crippen molar-refractivity contribution in [2.24, 2.45) is 0 Å². The van der Waals surface area contributed by atoms with E-state index in [0.717, 1.165) is 49.0 Å². The van der Waals surface area contributed by atoms with E-state index in [9.17, 15) is 14.7 Å². The van der Waals surface area contributed by atoms with Crippen molar-refractivity contribution < 1.29 is 14.7 Å². The van der Waals surface area contributed by atoms with Gasteiger partial charge in [-0.3, -0.25) is 4.79 Å². The van der Waals surface area contributed by atoms with Crippen LogP contribution in [0.5, 0.6) is 0 Å². The van der Waals surface area contributed by atoms with E-state index in [4.69, 9.17) is 0 Å². The second-order valence-corrected chi connectivity index (χ2v) is 10.5. The number of hydrogen-bond acceptors (Lipinski definition) is 7. The van der Waals surface area contributed by atoms with Gasteiger partial charge in [0.05, 0.1) is 28.6 Å². The number of carboxylic acid groups (broad SMARTS) is 1. The van der Waals surface area contributed by atoms with Crippen LogP contribution in [-0.2, 0) is 17.8 Å². The molecule has 1 amide bonds. The number of aromatic nitrogens is 4. The van der Waals surface area contributed by atoms with Crippen LogP contribution in [0.4, 0.5) is 5.13 Å². The average molecular weight is 541 g/mol. The minimum atomic E-state index is -1.09. The van der Waals surface area contributed by atoms with Gasteiger partial charge in [0, 0.05) is 12.0 Å². The summed E-state index contributed by atoms with van der Waals surface area (Å²) in [5, 5.41) is 25.0. The zero-order chi connectivity index (χ0) is 27.5. The first-order valence-electron chi connectivity index (χ1n) is 12.5. The van der Waals surface area contributed by atoms with Crippen molar-refractivity contribution in [3.8, 4) is 5.69 Å². The van der Waals surface area contributed by atoms with Crippen molar-refractivity contribution in [1.29, 1.82) is 0 Å². The van der Waals surface area contributed by atoms with E-state index in [1.807, 2.05) is 87.6 Å². The number of anilines is 1. The average Bonchev–Trinajstić information content (AvgIpc) is 3.54. The SMILES string of the molecule is Cc1cc(C)c(C(=O)N[C@@H](Cc2ccc(-n3cc(CNc4nc5ccccc5s4)nn3)cc2)C(=O)O)c(C)c1. The molecule has 0 aliphatic rings. The number of rotatable bonds is 9. The summed E-state index contributed by atoms with van der Waals surface area (Å²) in [4.78, 5) is 29.5. The van der Waals surface area contributed by atoms with Crippen LogP contribution in [0.1, 0.15) is 38.3 Å². The number of carboxylic acids is 1. The summed E-state index contributed by atoms with van der Waals surface area (Å²) in [5.74, 6) is -1.47. The minimum Gasteiger partial charge on any atom is -0.480 e. The van der Waals surface area contributed by atoms with E-state index in [1.54, 1.807) is 16.0 Å². The quantitative estimate of drug-likeness (QED) is 0.245. The van der Waals surface area contributed by atoms with Gasteiger partial charge in [-0.15, -0.1) is 5.10 Å². The molecule has 0 unspecified atom stereocenters. The maximum atomic E-state index is 12.9. The molecule has 3 aromatic carbocycles. The van der Waals surface area contributed by atoms with Gasteiger partial charge in [-0.2, -0.15) is 0 Å². The number of carbonyl (C=O) groups excluding carboxylic acids is 1. The van der Waals surface area contributed by atoms with Gasteiger partial charge in [-0.25, -0.2) is 14.5 Å². The lowest BCUT2D eigenvalue weighted by Gasteiger charge is -2.17. The first-order chi connectivity index (χ1) is 18.8. The van der Waals surface area contributed by atoms with Crippen molar-refractivity contribution >= 4 is 38.6 Å². The first-order valence-corrected chi connectivity index (χ1v) is 13.3. The normalized spacial score (nSPS) is 11.9. The Morgan fingerprint density at radius 2 is 1.74 bits per heavy atom. The van der Waals surface area contributed by atoms with Gasteiger partial charge in [0.1, 0.15) is 11.7 Å². The smallest absolute Gasteiger partial charge is 0.326 e. The third-order valence-corrected chi connectivity index (χ3v) is 7.40. The molecule has 0 aliphatic carbocycles. The molecular formula is C29H28N6O3S. The number of thiazole rings is 1. The standard InChI is InChI=1S/C29H28N6O3S/c1-17-12-18(2)26(19(3)13-17)27(36)31-24(28(37)38)14-20-8-10-22(11-9-20)35-16-21(33-34-35)15-30-29-32-23-6-4-5-7-25(23)39-29/h4-13,16,24H,14-15H2,1-3H3,(H,30,32)(H,31,36)(H,37,38)/t24-/m0/s1. The number of nitrogens with zero attached hydrogens (tertiary/aromatic N) is 4. The summed E-state index contributed by atoms with van der Waals surface area (Å²) in [6.07, 6.45) is 1.99. The van der Waals surface area contributed by atoms with E-state index in [2.05, 4.69) is 25.9 Å². The fourth-order valence-electron chi connectivity index (χ4n) is 4.61. The van der Waals surface area contributed by atoms with Gasteiger partial charge in [-0.05, 0) is 61.7 Å². The third-order valence-electron chi connectivity index (χ3n) is 6.40. The molecule has 198 valence electrons. The highest BCUT2D eigenvalue weighted by atomic mass is 32.1. The second kappa shape index (κ2) is 11.0. The third kappa shape index (κ3) is 5.96. The van der Waals surface area contributed by atoms with E-state index in [-0.39, 0.29) is 12.3 Å². The number of nitrogens with one attached hydrogen (secondary N) is 2. The van der Waals surface area contributed by atoms with Gasteiger partial charge in [0.25, 0.3) is 5.91 Å². The molecule has 0 bridgehead atoms. The topological polar surface area (TPSA) is 122 Å². The van der Waals surface area contributed by atoms with Gasteiger partial charge >= 0.3 is 5.97 Å². The van der Waals surface area contributed by atoms with Crippen molar-refractivity contribution in [3.63, 3.8) is 0 Å². The van der Waals surface area contributed by atoms with Crippen LogP contribution >= 0.6 is 11.3 Å². The second-order valence-electron chi connectivity index (χ2n) is 9.50. The molecule has 0 saturated heterocycles. The van der Waals surface area contributed by atoms with E-state index >= 15 is 0 Å². The lowest BCUT2D eigenvalue weighted by Crippen LogP contribution is -2.42. The highest BCUT2D eigenvalue weighted by Gasteiger charge is 2.23. The molecule has 2 aromatic heterocycles. The summed E-state index contributed by atoms with van der Waals surface area (Å²) < 4.78 is 2.78. The Morgan fingerprint density at radius 3 is 2.44 bits per heavy atom. The number of benzene rings is 3. The number of fused-ring (bicyclic) bond motifs is 1. The Kier molecular flexibility index (Phi) is 7.38. The zero-order valence-corrected chi connectivity index (χ0v) is 22.6. The predicted molar refractivity (Wildman–Crippen MR) is 152 cm³/mol. The van der Waals surface area contributed by atoms with Crippen LogP contribution in [0.3, 0.4) is 0 Å². The van der Waals surface area contributed by atoms with Gasteiger partial charge < -0.3 is 15.7 Å². The molecule has 0 aliphatic heterocycles. The maximum absolute atomic E-state index is 12.9. The summed E-state index contributed by atoms with van der Waals surface area (Å²) in [7, 11) is 0. The molecule has 0 spiro atoms. The number of para-hydroxylation sites is 1. The van der Waals surface area contributed by atoms with Gasteiger partial charge in [-0.1, -0.05) is 58.5 Å². The number of hydrogen-bond donors (Lipinski definition) is 3. The number of aliphatic carboxylic acids is 1. The van der Waals surface area contributed by atoms with Crippen LogP contribution in [0.25, 0.3) is 15.9 Å². The molecule has 39 heavy (non-hydrogen) atoms. The fourth-order valence-corrected chi connectivity index (χ4v) is 5.47. The molecule has 10 heteroatoms. The highest BCUT2D eigenvalue weighted by Crippen LogP contribution is 2.25. The number of carbonyl (C=O) groups is 2. The van der Waals surface area contributed by atoms with Crippen LogP contribution in [0.2, 0.25) is 0 Å². The van der Waals surface area contributed by atoms with E-state index < -0.39 is 12.0 Å². The Morgan fingerprint density at radius 1 is 1.03 bits per heavy atom. The van der Waals surface area contributed by atoms with Crippen molar-refractivity contribution in [1.82, 2.24) is 25.3 Å². The van der Waals surface area contributed by atoms with Crippen molar-refractivity contribution in [3.05, 3.63) is 100 Å². The van der Waals surface area contributed by atoms with Crippen LogP contribution in [0, 0.1) is 20.8 Å². The molecule has 0 fully saturated rings. The molecule has 5 rings (SSSR count). The molecule has 5 aromatic rings. The molecule has 2 heterocycles. The van der Waals surface area contributed by atoms with Crippen molar-refractivity contribution in [2.75, 3.05) is 5.32 Å². The van der Waals surface area contributed by atoms with Crippen LogP contribution in [0.15, 0.2) is 66.9 Å². The minimum absolute atomic E-state index is 0.153. The molecule has 3 N–H and O–H groups in total. The molecule has 0 saturated carbocycles. The lowest BCUT2D eigenvalue weighted by atomic mass is 9.98. The Hall–Kier alpha value is -4.57. The summed E-state index contributed by atoms with van der Waals surface area (Å²) in [5.41, 5.74) is 6.50. The molecule has 1 atom stereocenters. The van der Waals surface area contributed by atoms with Crippen molar-refractivity contribution in [2.45, 2.75) is 39.8 Å². The summed E-state index contributed by atoms with van der Waals surface area (Å²) in [6, 6.07) is 18.1. The predicted octanol–water partition coefficient (Wildman–Crippen LogP) is 4.84. The van der Waals surface area contributed by atoms with Gasteiger partial charge in [0.15, 0.2) is 5.13 Å². The fraction of sp³-hybridized carbons (Fsp3) is 0.207. The monoisotopic (exact) mass is 540 g/mol.